The minimum Gasteiger partial charge on any atom is -0.370 e. The summed E-state index contributed by atoms with van der Waals surface area (Å²) in [4.78, 5) is 28.7. The van der Waals surface area contributed by atoms with Crippen molar-refractivity contribution < 1.29 is 17.9 Å². The number of aryl methyl sites for hydroxylation is 2. The summed E-state index contributed by atoms with van der Waals surface area (Å²) in [5.74, 6) is 0.724. The van der Waals surface area contributed by atoms with E-state index < -0.39 is 11.7 Å². The predicted octanol–water partition coefficient (Wildman–Crippen LogP) is 3.03. The lowest BCUT2D eigenvalue weighted by molar-refractivity contribution is -0.137. The SMILES string of the molecule is Cc1nc2c(-c3ccc(C(F)(F)F)cc3)nc(N3CCO[C@H](c4cnn(C)c4)C3)nc2c(=O)n1C. The number of hydrogen-bond acceptors (Lipinski definition) is 7. The Morgan fingerprint density at radius 1 is 1.06 bits per heavy atom. The highest BCUT2D eigenvalue weighted by atomic mass is 19.4. The Morgan fingerprint density at radius 2 is 1.80 bits per heavy atom. The van der Waals surface area contributed by atoms with E-state index in [-0.39, 0.29) is 28.6 Å². The quantitative estimate of drug-likeness (QED) is 0.441. The van der Waals surface area contributed by atoms with E-state index in [9.17, 15) is 18.0 Å². The molecule has 3 aromatic heterocycles. The predicted molar refractivity (Wildman–Crippen MR) is 122 cm³/mol. The van der Waals surface area contributed by atoms with Crippen molar-refractivity contribution in [3.05, 3.63) is 64.0 Å². The summed E-state index contributed by atoms with van der Waals surface area (Å²) in [5, 5.41) is 4.19. The van der Waals surface area contributed by atoms with Crippen molar-refractivity contribution in [1.29, 1.82) is 0 Å². The van der Waals surface area contributed by atoms with Crippen molar-refractivity contribution in [2.45, 2.75) is 19.2 Å². The summed E-state index contributed by atoms with van der Waals surface area (Å²) in [5.41, 5.74) is 0.810. The summed E-state index contributed by atoms with van der Waals surface area (Å²) in [6.07, 6.45) is -1.14. The number of fused-ring (bicyclic) bond motifs is 1. The molecule has 4 aromatic rings. The van der Waals surface area contributed by atoms with Gasteiger partial charge in [-0.1, -0.05) is 12.1 Å². The number of benzene rings is 1. The fourth-order valence-corrected chi connectivity index (χ4v) is 4.04. The van der Waals surface area contributed by atoms with Gasteiger partial charge in [0.1, 0.15) is 23.1 Å². The number of rotatable bonds is 3. The molecule has 0 aliphatic carbocycles. The summed E-state index contributed by atoms with van der Waals surface area (Å²) >= 11 is 0. The first kappa shape index (κ1) is 23.0. The van der Waals surface area contributed by atoms with Gasteiger partial charge in [-0.15, -0.1) is 0 Å². The van der Waals surface area contributed by atoms with Crippen LogP contribution in [0.3, 0.4) is 0 Å². The lowest BCUT2D eigenvalue weighted by atomic mass is 10.1. The van der Waals surface area contributed by atoms with Gasteiger partial charge in [-0.3, -0.25) is 14.0 Å². The molecule has 0 bridgehead atoms. The molecular weight excluding hydrogens is 463 g/mol. The summed E-state index contributed by atoms with van der Waals surface area (Å²) in [6.45, 7) is 2.98. The third kappa shape index (κ3) is 4.25. The summed E-state index contributed by atoms with van der Waals surface area (Å²) in [7, 11) is 3.41. The topological polar surface area (TPSA) is 91.0 Å². The Hall–Kier alpha value is -3.80. The molecule has 1 atom stereocenters. The Morgan fingerprint density at radius 3 is 2.46 bits per heavy atom. The molecule has 1 aromatic carbocycles. The molecule has 0 spiro atoms. The van der Waals surface area contributed by atoms with Crippen LogP contribution in [-0.2, 0) is 25.0 Å². The average Bonchev–Trinajstić information content (AvgIpc) is 3.28. The van der Waals surface area contributed by atoms with E-state index in [4.69, 9.17) is 4.74 Å². The van der Waals surface area contributed by atoms with E-state index in [2.05, 4.69) is 20.1 Å². The largest absolute Gasteiger partial charge is 0.416 e. The third-order valence-corrected chi connectivity index (χ3v) is 6.07. The molecule has 12 heteroatoms. The monoisotopic (exact) mass is 485 g/mol. The molecule has 4 heterocycles. The van der Waals surface area contributed by atoms with Crippen LogP contribution in [0.15, 0.2) is 41.5 Å². The van der Waals surface area contributed by atoms with Crippen molar-refractivity contribution in [2.24, 2.45) is 14.1 Å². The number of alkyl halides is 3. The number of anilines is 1. The van der Waals surface area contributed by atoms with Gasteiger partial charge in [-0.25, -0.2) is 15.0 Å². The van der Waals surface area contributed by atoms with Gasteiger partial charge >= 0.3 is 6.18 Å². The molecule has 0 saturated carbocycles. The zero-order valence-electron chi connectivity index (χ0n) is 19.2. The molecule has 0 unspecified atom stereocenters. The lowest BCUT2D eigenvalue weighted by Crippen LogP contribution is -2.39. The maximum Gasteiger partial charge on any atom is 0.416 e. The van der Waals surface area contributed by atoms with E-state index in [0.29, 0.717) is 36.8 Å². The van der Waals surface area contributed by atoms with Crippen LogP contribution in [0.4, 0.5) is 19.1 Å². The second kappa shape index (κ2) is 8.45. The summed E-state index contributed by atoms with van der Waals surface area (Å²) in [6, 6.07) is 4.65. The highest BCUT2D eigenvalue weighted by Gasteiger charge is 2.31. The third-order valence-electron chi connectivity index (χ3n) is 6.07. The normalized spacial score (nSPS) is 16.7. The first-order chi connectivity index (χ1) is 16.6. The van der Waals surface area contributed by atoms with Gasteiger partial charge in [0.15, 0.2) is 5.52 Å². The molecular formula is C23H22F3N7O2. The molecule has 1 saturated heterocycles. The minimum atomic E-state index is -4.46. The van der Waals surface area contributed by atoms with Crippen LogP contribution >= 0.6 is 0 Å². The second-order valence-corrected chi connectivity index (χ2v) is 8.42. The van der Waals surface area contributed by atoms with Crippen LogP contribution in [0.2, 0.25) is 0 Å². The average molecular weight is 485 g/mol. The van der Waals surface area contributed by atoms with Gasteiger partial charge < -0.3 is 9.64 Å². The van der Waals surface area contributed by atoms with E-state index in [1.165, 1.54) is 16.7 Å². The molecule has 0 radical (unpaired) electrons. The maximum atomic E-state index is 13.1. The highest BCUT2D eigenvalue weighted by Crippen LogP contribution is 2.33. The molecule has 0 N–H and O–H groups in total. The Labute approximate surface area is 197 Å². The molecule has 9 nitrogen and oxygen atoms in total. The van der Waals surface area contributed by atoms with Crippen LogP contribution in [0.25, 0.3) is 22.3 Å². The first-order valence-electron chi connectivity index (χ1n) is 10.9. The second-order valence-electron chi connectivity index (χ2n) is 8.42. The Bertz CT molecular complexity index is 1460. The van der Waals surface area contributed by atoms with Crippen molar-refractivity contribution in [3.8, 4) is 11.3 Å². The Kier molecular flexibility index (Phi) is 5.55. The number of morpholine rings is 1. The molecule has 1 aliphatic heterocycles. The van der Waals surface area contributed by atoms with E-state index in [0.717, 1.165) is 17.7 Å². The molecule has 0 amide bonds. The summed E-state index contributed by atoms with van der Waals surface area (Å²) < 4.78 is 48.3. The standard InChI is InChI=1S/C23H22F3N7O2/c1-13-28-19-18(14-4-6-16(7-5-14)23(24,25)26)29-22(30-20(19)21(34)32(13)3)33-8-9-35-17(12-33)15-10-27-31(2)11-15/h4-7,10-11,17H,8-9,12H2,1-3H3/t17-/m0/s1. The maximum absolute atomic E-state index is 13.1. The van der Waals surface area contributed by atoms with Gasteiger partial charge in [0.25, 0.3) is 5.56 Å². The molecule has 1 aliphatic rings. The van der Waals surface area contributed by atoms with E-state index in [1.54, 1.807) is 24.9 Å². The number of nitrogens with zero attached hydrogens (tertiary/aromatic N) is 7. The molecule has 182 valence electrons. The molecule has 5 rings (SSSR count). The van der Waals surface area contributed by atoms with Crippen LogP contribution in [0, 0.1) is 6.92 Å². The van der Waals surface area contributed by atoms with Crippen LogP contribution in [0.1, 0.15) is 23.1 Å². The number of hydrogen-bond donors (Lipinski definition) is 0. The zero-order valence-corrected chi connectivity index (χ0v) is 19.2. The van der Waals surface area contributed by atoms with Crippen molar-refractivity contribution >= 4 is 17.0 Å². The van der Waals surface area contributed by atoms with Crippen molar-refractivity contribution in [1.82, 2.24) is 29.3 Å². The van der Waals surface area contributed by atoms with Gasteiger partial charge in [-0.05, 0) is 19.1 Å². The molecule has 35 heavy (non-hydrogen) atoms. The lowest BCUT2D eigenvalue weighted by Gasteiger charge is -2.32. The van der Waals surface area contributed by atoms with Gasteiger partial charge in [0.2, 0.25) is 5.95 Å². The fourth-order valence-electron chi connectivity index (χ4n) is 4.04. The van der Waals surface area contributed by atoms with Crippen LogP contribution in [-0.4, -0.2) is 49.0 Å². The number of aromatic nitrogens is 6. The van der Waals surface area contributed by atoms with Crippen LogP contribution < -0.4 is 10.5 Å². The zero-order chi connectivity index (χ0) is 24.9. The van der Waals surface area contributed by atoms with E-state index in [1.807, 2.05) is 18.1 Å². The van der Waals surface area contributed by atoms with Gasteiger partial charge in [-0.2, -0.15) is 18.3 Å². The van der Waals surface area contributed by atoms with Gasteiger partial charge in [0.05, 0.1) is 24.9 Å². The van der Waals surface area contributed by atoms with Crippen molar-refractivity contribution in [2.75, 3.05) is 24.6 Å². The first-order valence-corrected chi connectivity index (χ1v) is 10.9. The van der Waals surface area contributed by atoms with Crippen LogP contribution in [0.5, 0.6) is 0 Å². The number of halogens is 3. The van der Waals surface area contributed by atoms with E-state index >= 15 is 0 Å². The van der Waals surface area contributed by atoms with Gasteiger partial charge in [0, 0.05) is 38.0 Å². The smallest absolute Gasteiger partial charge is 0.370 e. The molecule has 1 fully saturated rings. The van der Waals surface area contributed by atoms with Crippen molar-refractivity contribution in [3.63, 3.8) is 0 Å². The minimum absolute atomic E-state index is 0.0995. The Balaban J connectivity index is 1.63. The highest BCUT2D eigenvalue weighted by molar-refractivity contribution is 5.89. The fraction of sp³-hybridized carbons (Fsp3) is 0.348. The number of ether oxygens (including phenoxy) is 1.